The number of anilines is 1. The quantitative estimate of drug-likeness (QED) is 0.696. The summed E-state index contributed by atoms with van der Waals surface area (Å²) in [4.78, 5) is 8.54. The lowest BCUT2D eigenvalue weighted by molar-refractivity contribution is 0.416. The molecule has 0 unspecified atom stereocenters. The van der Waals surface area contributed by atoms with E-state index in [2.05, 4.69) is 9.97 Å². The molecule has 2 N–H and O–H groups in total. The van der Waals surface area contributed by atoms with E-state index in [0.29, 0.717) is 11.4 Å². The monoisotopic (exact) mass is 240 g/mol. The van der Waals surface area contributed by atoms with Gasteiger partial charge in [-0.25, -0.2) is 4.98 Å². The Hall–Kier alpha value is -2.56. The fourth-order valence-corrected chi connectivity index (χ4v) is 1.89. The first-order valence-corrected chi connectivity index (χ1v) is 5.50. The second kappa shape index (κ2) is 4.03. The van der Waals surface area contributed by atoms with Gasteiger partial charge in [-0.05, 0) is 12.1 Å². The Labute approximate surface area is 104 Å². The number of rotatable bonds is 2. The zero-order valence-corrected chi connectivity index (χ0v) is 9.87. The highest BCUT2D eigenvalue weighted by molar-refractivity contribution is 5.71. The largest absolute Gasteiger partial charge is 0.496 e. The van der Waals surface area contributed by atoms with Crippen molar-refractivity contribution < 1.29 is 4.74 Å². The fourth-order valence-electron chi connectivity index (χ4n) is 1.89. The molecular weight excluding hydrogens is 228 g/mol. The van der Waals surface area contributed by atoms with Crippen molar-refractivity contribution in [1.29, 1.82) is 0 Å². The average Bonchev–Trinajstić information content (AvgIpc) is 2.82. The van der Waals surface area contributed by atoms with Crippen LogP contribution in [-0.2, 0) is 0 Å². The number of benzene rings is 1. The molecule has 1 aromatic carbocycles. The number of nitrogens with zero attached hydrogens (tertiary/aromatic N) is 3. The molecule has 0 spiro atoms. The summed E-state index contributed by atoms with van der Waals surface area (Å²) in [5.41, 5.74) is 8.95. The van der Waals surface area contributed by atoms with Crippen LogP contribution in [0.1, 0.15) is 0 Å². The number of ether oxygens (including phenoxy) is 1. The molecule has 0 atom stereocenters. The summed E-state index contributed by atoms with van der Waals surface area (Å²) < 4.78 is 7.25. The summed E-state index contributed by atoms with van der Waals surface area (Å²) in [6, 6.07) is 5.53. The minimum absolute atomic E-state index is 0.668. The van der Waals surface area contributed by atoms with E-state index in [-0.39, 0.29) is 0 Å². The molecule has 2 heterocycles. The molecule has 5 heteroatoms. The highest BCUT2D eigenvalue weighted by Crippen LogP contribution is 2.30. The van der Waals surface area contributed by atoms with Crippen LogP contribution >= 0.6 is 0 Å². The normalized spacial score (nSPS) is 10.7. The second-order valence-corrected chi connectivity index (χ2v) is 3.93. The minimum atomic E-state index is 0.668. The molecular formula is C13H12N4O. The third kappa shape index (κ3) is 1.66. The van der Waals surface area contributed by atoms with E-state index in [1.54, 1.807) is 25.6 Å². The number of aromatic nitrogens is 3. The predicted molar refractivity (Wildman–Crippen MR) is 69.4 cm³/mol. The average molecular weight is 240 g/mol. The van der Waals surface area contributed by atoms with Crippen molar-refractivity contribution in [3.05, 3.63) is 43.0 Å². The number of methoxy groups -OCH3 is 1. The van der Waals surface area contributed by atoms with Crippen molar-refractivity contribution in [3.63, 3.8) is 0 Å². The topological polar surface area (TPSA) is 65.4 Å². The molecule has 2 aromatic heterocycles. The van der Waals surface area contributed by atoms with Crippen LogP contribution in [0.2, 0.25) is 0 Å². The predicted octanol–water partition coefficient (Wildman–Crippen LogP) is 1.99. The Kier molecular flexibility index (Phi) is 2.37. The van der Waals surface area contributed by atoms with Gasteiger partial charge in [0.15, 0.2) is 5.65 Å². The lowest BCUT2D eigenvalue weighted by atomic mass is 10.1. The van der Waals surface area contributed by atoms with Crippen molar-refractivity contribution in [2.24, 2.45) is 0 Å². The molecule has 0 aliphatic heterocycles. The molecule has 3 rings (SSSR count). The maximum atomic E-state index is 5.74. The third-order valence-corrected chi connectivity index (χ3v) is 2.77. The van der Waals surface area contributed by atoms with E-state index < -0.39 is 0 Å². The van der Waals surface area contributed by atoms with Crippen LogP contribution in [-0.4, -0.2) is 21.5 Å². The van der Waals surface area contributed by atoms with Crippen molar-refractivity contribution in [1.82, 2.24) is 14.4 Å². The van der Waals surface area contributed by atoms with Gasteiger partial charge in [-0.1, -0.05) is 0 Å². The van der Waals surface area contributed by atoms with Gasteiger partial charge in [0.05, 0.1) is 19.0 Å². The van der Waals surface area contributed by atoms with Crippen LogP contribution in [0.4, 0.5) is 5.69 Å². The SMILES string of the molecule is COc1cc(N)ccc1-c1cn2ccncc2n1. The second-order valence-electron chi connectivity index (χ2n) is 3.93. The van der Waals surface area contributed by atoms with Crippen LogP contribution in [0.3, 0.4) is 0 Å². The van der Waals surface area contributed by atoms with Crippen LogP contribution in [0.25, 0.3) is 16.9 Å². The maximum Gasteiger partial charge on any atom is 0.155 e. The van der Waals surface area contributed by atoms with Gasteiger partial charge in [-0.2, -0.15) is 0 Å². The zero-order chi connectivity index (χ0) is 12.5. The van der Waals surface area contributed by atoms with E-state index in [9.17, 15) is 0 Å². The van der Waals surface area contributed by atoms with E-state index in [4.69, 9.17) is 10.5 Å². The van der Waals surface area contributed by atoms with Crippen LogP contribution in [0, 0.1) is 0 Å². The van der Waals surface area contributed by atoms with Crippen molar-refractivity contribution in [3.8, 4) is 17.0 Å². The van der Waals surface area contributed by atoms with Gasteiger partial charge in [-0.3, -0.25) is 4.98 Å². The first-order valence-electron chi connectivity index (χ1n) is 5.50. The number of fused-ring (bicyclic) bond motifs is 1. The summed E-state index contributed by atoms with van der Waals surface area (Å²) in [5, 5.41) is 0. The summed E-state index contributed by atoms with van der Waals surface area (Å²) >= 11 is 0. The number of imidazole rings is 1. The molecule has 0 saturated heterocycles. The van der Waals surface area contributed by atoms with Gasteiger partial charge < -0.3 is 14.9 Å². The highest BCUT2D eigenvalue weighted by Gasteiger charge is 2.10. The Morgan fingerprint density at radius 1 is 1.33 bits per heavy atom. The number of hydrogen-bond acceptors (Lipinski definition) is 4. The molecule has 0 bridgehead atoms. The molecule has 0 fully saturated rings. The molecule has 5 nitrogen and oxygen atoms in total. The number of nitrogen functional groups attached to an aromatic ring is 1. The van der Waals surface area contributed by atoms with E-state index >= 15 is 0 Å². The Bertz CT molecular complexity index is 672. The van der Waals surface area contributed by atoms with Crippen LogP contribution in [0.15, 0.2) is 43.0 Å². The van der Waals surface area contributed by atoms with E-state index in [1.807, 2.05) is 28.9 Å². The van der Waals surface area contributed by atoms with Crippen LogP contribution in [0.5, 0.6) is 5.75 Å². The summed E-state index contributed by atoms with van der Waals surface area (Å²) in [6.07, 6.45) is 7.23. The Balaban J connectivity index is 2.19. The summed E-state index contributed by atoms with van der Waals surface area (Å²) in [7, 11) is 1.62. The summed E-state index contributed by atoms with van der Waals surface area (Å²) in [6.45, 7) is 0. The van der Waals surface area contributed by atoms with E-state index in [0.717, 1.165) is 16.9 Å². The number of hydrogen-bond donors (Lipinski definition) is 1. The van der Waals surface area contributed by atoms with Gasteiger partial charge in [0.1, 0.15) is 5.75 Å². The maximum absolute atomic E-state index is 5.74. The van der Waals surface area contributed by atoms with E-state index in [1.165, 1.54) is 0 Å². The Morgan fingerprint density at radius 3 is 3.00 bits per heavy atom. The zero-order valence-electron chi connectivity index (χ0n) is 9.87. The molecule has 0 radical (unpaired) electrons. The standard InChI is InChI=1S/C13H12N4O/c1-18-12-6-9(14)2-3-10(12)11-8-17-5-4-15-7-13(17)16-11/h2-8H,14H2,1H3. The van der Waals surface area contributed by atoms with Gasteiger partial charge in [0.25, 0.3) is 0 Å². The van der Waals surface area contributed by atoms with Gasteiger partial charge >= 0.3 is 0 Å². The molecule has 0 amide bonds. The summed E-state index contributed by atoms with van der Waals surface area (Å²) in [5.74, 6) is 0.714. The molecule has 90 valence electrons. The van der Waals surface area contributed by atoms with Crippen LogP contribution < -0.4 is 10.5 Å². The highest BCUT2D eigenvalue weighted by atomic mass is 16.5. The van der Waals surface area contributed by atoms with Crippen molar-refractivity contribution in [2.75, 3.05) is 12.8 Å². The van der Waals surface area contributed by atoms with Gasteiger partial charge in [0.2, 0.25) is 0 Å². The minimum Gasteiger partial charge on any atom is -0.496 e. The van der Waals surface area contributed by atoms with Gasteiger partial charge in [-0.15, -0.1) is 0 Å². The van der Waals surface area contributed by atoms with Crippen molar-refractivity contribution in [2.45, 2.75) is 0 Å². The fraction of sp³-hybridized carbons (Fsp3) is 0.0769. The molecule has 0 aliphatic carbocycles. The number of nitrogens with two attached hydrogens (primary N) is 1. The lowest BCUT2D eigenvalue weighted by Gasteiger charge is -2.06. The lowest BCUT2D eigenvalue weighted by Crippen LogP contribution is -1.91. The smallest absolute Gasteiger partial charge is 0.155 e. The first kappa shape index (κ1) is 10.6. The van der Waals surface area contributed by atoms with Gasteiger partial charge in [0, 0.05) is 35.9 Å². The third-order valence-electron chi connectivity index (χ3n) is 2.77. The molecule has 18 heavy (non-hydrogen) atoms. The Morgan fingerprint density at radius 2 is 2.22 bits per heavy atom. The first-order chi connectivity index (χ1) is 8.78. The molecule has 0 aliphatic rings. The molecule has 3 aromatic rings. The molecule has 0 saturated carbocycles. The van der Waals surface area contributed by atoms with Crippen molar-refractivity contribution >= 4 is 11.3 Å².